The van der Waals surface area contributed by atoms with Crippen molar-refractivity contribution in [3.05, 3.63) is 68.6 Å². The highest BCUT2D eigenvalue weighted by Crippen LogP contribution is 2.16. The van der Waals surface area contributed by atoms with E-state index in [1.54, 1.807) is 18.0 Å². The summed E-state index contributed by atoms with van der Waals surface area (Å²) in [4.78, 5) is 11.7. The van der Waals surface area contributed by atoms with Crippen LogP contribution in [-0.4, -0.2) is 17.9 Å². The Morgan fingerprint density at radius 1 is 1.14 bits per heavy atom. The summed E-state index contributed by atoms with van der Waals surface area (Å²) in [5, 5.41) is 3.96. The third kappa shape index (κ3) is 6.34. The Morgan fingerprint density at radius 3 is 2.59 bits per heavy atom. The summed E-state index contributed by atoms with van der Waals surface area (Å²) in [5.41, 5.74) is 4.65. The van der Waals surface area contributed by atoms with Gasteiger partial charge in [-0.2, -0.15) is 5.10 Å². The molecule has 2 aromatic carbocycles. The van der Waals surface area contributed by atoms with Gasteiger partial charge in [0.2, 0.25) is 5.91 Å². The topological polar surface area (TPSA) is 41.5 Å². The number of amides is 1. The van der Waals surface area contributed by atoms with Crippen LogP contribution in [0.2, 0.25) is 0 Å². The molecule has 1 amide bonds. The highest BCUT2D eigenvalue weighted by Gasteiger charge is 2.01. The van der Waals surface area contributed by atoms with E-state index in [0.29, 0.717) is 5.75 Å². The molecule has 0 bridgehead atoms. The monoisotopic (exact) mass is 440 g/mol. The summed E-state index contributed by atoms with van der Waals surface area (Å²) in [6, 6.07) is 15.8. The van der Waals surface area contributed by atoms with Crippen molar-refractivity contribution in [1.29, 1.82) is 0 Å². The third-order valence-electron chi connectivity index (χ3n) is 2.64. The number of thioether (sulfide) groups is 1. The minimum atomic E-state index is -0.105. The second kappa shape index (κ2) is 9.12. The van der Waals surface area contributed by atoms with Crippen molar-refractivity contribution in [2.24, 2.45) is 5.10 Å². The summed E-state index contributed by atoms with van der Waals surface area (Å²) >= 11 is 8.38. The minimum Gasteiger partial charge on any atom is -0.272 e. The van der Waals surface area contributed by atoms with E-state index in [4.69, 9.17) is 0 Å². The first kappa shape index (κ1) is 17.2. The van der Waals surface area contributed by atoms with Gasteiger partial charge in [-0.1, -0.05) is 56.1 Å². The Kier molecular flexibility index (Phi) is 7.15. The molecule has 0 aliphatic heterocycles. The molecule has 22 heavy (non-hydrogen) atoms. The van der Waals surface area contributed by atoms with Crippen molar-refractivity contribution < 1.29 is 4.79 Å². The fourth-order valence-corrected chi connectivity index (χ4v) is 3.32. The number of nitrogens with zero attached hydrogens (tertiary/aromatic N) is 1. The Bertz CT molecular complexity index is 677. The zero-order valence-electron chi connectivity index (χ0n) is 11.6. The SMILES string of the molecule is O=C(CSCc1cccc(Br)c1)N/N=C/c1cccc(Br)c1. The molecule has 6 heteroatoms. The standard InChI is InChI=1S/C16H14Br2N2OS/c17-14-5-1-3-12(7-14)9-19-20-16(21)11-22-10-13-4-2-6-15(18)8-13/h1-9H,10-11H2,(H,20,21)/b19-9+. The second-order valence-electron chi connectivity index (χ2n) is 4.47. The summed E-state index contributed by atoms with van der Waals surface area (Å²) in [5.74, 6) is 1.07. The Hall–Kier alpha value is -1.11. The Morgan fingerprint density at radius 2 is 1.86 bits per heavy atom. The fraction of sp³-hybridized carbons (Fsp3) is 0.125. The first-order valence-electron chi connectivity index (χ1n) is 6.53. The van der Waals surface area contributed by atoms with Gasteiger partial charge in [0.25, 0.3) is 0 Å². The predicted molar refractivity (Wildman–Crippen MR) is 100 cm³/mol. The van der Waals surface area contributed by atoms with Crippen molar-refractivity contribution in [1.82, 2.24) is 5.43 Å². The maximum Gasteiger partial charge on any atom is 0.250 e. The molecule has 0 radical (unpaired) electrons. The van der Waals surface area contributed by atoms with Crippen LogP contribution in [0, 0.1) is 0 Å². The Labute approximate surface area is 150 Å². The third-order valence-corrected chi connectivity index (χ3v) is 4.63. The van der Waals surface area contributed by atoms with Crippen LogP contribution in [-0.2, 0) is 10.5 Å². The van der Waals surface area contributed by atoms with Gasteiger partial charge < -0.3 is 0 Å². The second-order valence-corrected chi connectivity index (χ2v) is 7.29. The van der Waals surface area contributed by atoms with Crippen LogP contribution in [0.4, 0.5) is 0 Å². The van der Waals surface area contributed by atoms with Crippen LogP contribution >= 0.6 is 43.6 Å². The maximum absolute atomic E-state index is 11.7. The van der Waals surface area contributed by atoms with E-state index < -0.39 is 0 Å². The lowest BCUT2D eigenvalue weighted by molar-refractivity contribution is -0.118. The molecule has 3 nitrogen and oxygen atoms in total. The normalized spacial score (nSPS) is 10.8. The highest BCUT2D eigenvalue weighted by molar-refractivity contribution is 9.10. The van der Waals surface area contributed by atoms with Crippen molar-refractivity contribution in [2.45, 2.75) is 5.75 Å². The molecule has 0 unspecified atom stereocenters. The van der Waals surface area contributed by atoms with Crippen molar-refractivity contribution in [2.75, 3.05) is 5.75 Å². The smallest absolute Gasteiger partial charge is 0.250 e. The van der Waals surface area contributed by atoms with Gasteiger partial charge in [-0.25, -0.2) is 5.43 Å². The first-order chi connectivity index (χ1) is 10.6. The van der Waals surface area contributed by atoms with E-state index in [2.05, 4.69) is 48.5 Å². The molecule has 0 aliphatic rings. The predicted octanol–water partition coefficient (Wildman–Crippen LogP) is 4.60. The molecule has 114 valence electrons. The van der Waals surface area contributed by atoms with E-state index in [-0.39, 0.29) is 5.91 Å². The van der Waals surface area contributed by atoms with Crippen molar-refractivity contribution in [3.8, 4) is 0 Å². The van der Waals surface area contributed by atoms with E-state index in [0.717, 1.165) is 20.3 Å². The van der Waals surface area contributed by atoms with Gasteiger partial charge >= 0.3 is 0 Å². The molecule has 0 atom stereocenters. The molecule has 0 aromatic heterocycles. The average Bonchev–Trinajstić information content (AvgIpc) is 2.47. The van der Waals surface area contributed by atoms with Crippen LogP contribution in [0.5, 0.6) is 0 Å². The van der Waals surface area contributed by atoms with Crippen LogP contribution in [0.15, 0.2) is 62.6 Å². The largest absolute Gasteiger partial charge is 0.272 e. The first-order valence-corrected chi connectivity index (χ1v) is 9.27. The number of hydrogen-bond acceptors (Lipinski definition) is 3. The minimum absolute atomic E-state index is 0.105. The summed E-state index contributed by atoms with van der Waals surface area (Å²) in [6.45, 7) is 0. The zero-order chi connectivity index (χ0) is 15.8. The quantitative estimate of drug-likeness (QED) is 0.525. The number of rotatable bonds is 6. The summed E-state index contributed by atoms with van der Waals surface area (Å²) in [7, 11) is 0. The van der Waals surface area contributed by atoms with Gasteiger partial charge in [-0.15, -0.1) is 11.8 Å². The molecule has 0 aliphatic carbocycles. The number of nitrogens with one attached hydrogen (secondary N) is 1. The van der Waals surface area contributed by atoms with Gasteiger partial charge in [0, 0.05) is 14.7 Å². The lowest BCUT2D eigenvalue weighted by atomic mass is 10.2. The number of halogens is 2. The van der Waals surface area contributed by atoms with Crippen LogP contribution in [0.3, 0.4) is 0 Å². The number of carbonyl (C=O) groups is 1. The molecular weight excluding hydrogens is 428 g/mol. The Balaban J connectivity index is 1.72. The molecular formula is C16H14Br2N2OS. The van der Waals surface area contributed by atoms with Crippen LogP contribution in [0.25, 0.3) is 0 Å². The van der Waals surface area contributed by atoms with Crippen LogP contribution in [0.1, 0.15) is 11.1 Å². The number of hydrazone groups is 1. The highest BCUT2D eigenvalue weighted by atomic mass is 79.9. The van der Waals surface area contributed by atoms with E-state index in [1.807, 2.05) is 42.5 Å². The number of benzene rings is 2. The van der Waals surface area contributed by atoms with Gasteiger partial charge in [0.15, 0.2) is 0 Å². The van der Waals surface area contributed by atoms with Crippen molar-refractivity contribution >= 4 is 55.7 Å². The molecule has 2 aromatic rings. The van der Waals surface area contributed by atoms with Crippen molar-refractivity contribution in [3.63, 3.8) is 0 Å². The number of hydrogen-bond donors (Lipinski definition) is 1. The summed E-state index contributed by atoms with van der Waals surface area (Å²) < 4.78 is 2.03. The van der Waals surface area contributed by atoms with Gasteiger partial charge in [0.1, 0.15) is 0 Å². The molecule has 0 saturated carbocycles. The maximum atomic E-state index is 11.7. The molecule has 0 heterocycles. The van der Waals surface area contributed by atoms with Gasteiger partial charge in [-0.05, 0) is 35.4 Å². The van der Waals surface area contributed by atoms with E-state index in [9.17, 15) is 4.79 Å². The lowest BCUT2D eigenvalue weighted by Crippen LogP contribution is -2.19. The summed E-state index contributed by atoms with van der Waals surface area (Å²) in [6.07, 6.45) is 1.63. The van der Waals surface area contributed by atoms with Gasteiger partial charge in [0.05, 0.1) is 12.0 Å². The number of carbonyl (C=O) groups excluding carboxylic acids is 1. The zero-order valence-corrected chi connectivity index (χ0v) is 15.6. The van der Waals surface area contributed by atoms with Gasteiger partial charge in [-0.3, -0.25) is 4.79 Å². The van der Waals surface area contributed by atoms with E-state index >= 15 is 0 Å². The molecule has 1 N–H and O–H groups in total. The molecule has 0 saturated heterocycles. The molecule has 2 rings (SSSR count). The average molecular weight is 442 g/mol. The van der Waals surface area contributed by atoms with Crippen LogP contribution < -0.4 is 5.43 Å². The molecule has 0 spiro atoms. The van der Waals surface area contributed by atoms with E-state index in [1.165, 1.54) is 5.56 Å². The fourth-order valence-electron chi connectivity index (χ4n) is 1.69. The lowest BCUT2D eigenvalue weighted by Gasteiger charge is -2.02. The molecule has 0 fully saturated rings.